The average molecular weight is 270 g/mol. The molecule has 4 heteroatoms. The number of aryl methyl sites for hydroxylation is 1. The number of amides is 1. The van der Waals surface area contributed by atoms with Gasteiger partial charge in [0, 0.05) is 5.69 Å². The largest absolute Gasteiger partial charge is 0.507 e. The molecule has 0 saturated heterocycles. The Bertz CT molecular complexity index is 597. The van der Waals surface area contributed by atoms with Crippen molar-refractivity contribution in [2.45, 2.75) is 12.8 Å². The molecule has 0 aliphatic heterocycles. The highest BCUT2D eigenvalue weighted by Crippen LogP contribution is 2.18. The zero-order valence-corrected chi connectivity index (χ0v) is 11.2. The summed E-state index contributed by atoms with van der Waals surface area (Å²) in [7, 11) is 0. The standard InChI is InChI=1S/C16H18N2O2/c17-10-4-6-12-5-3-7-13(11-12)18-16(20)14-8-1-2-9-15(14)19/h1-3,5,7-9,11,19H,4,6,10,17H2,(H,18,20). The van der Waals surface area contributed by atoms with Crippen LogP contribution in [-0.4, -0.2) is 17.6 Å². The fraction of sp³-hybridized carbons (Fsp3) is 0.188. The molecule has 4 N–H and O–H groups in total. The molecule has 0 saturated carbocycles. The molecule has 0 unspecified atom stereocenters. The number of hydrogen-bond donors (Lipinski definition) is 3. The highest BCUT2D eigenvalue weighted by Gasteiger charge is 2.10. The fourth-order valence-electron chi connectivity index (χ4n) is 1.97. The SMILES string of the molecule is NCCCc1cccc(NC(=O)c2ccccc2O)c1. The van der Waals surface area contributed by atoms with Crippen molar-refractivity contribution in [2.75, 3.05) is 11.9 Å². The molecule has 2 rings (SSSR count). The van der Waals surface area contributed by atoms with Gasteiger partial charge in [-0.05, 0) is 49.2 Å². The van der Waals surface area contributed by atoms with E-state index in [2.05, 4.69) is 5.32 Å². The van der Waals surface area contributed by atoms with Crippen LogP contribution in [0.4, 0.5) is 5.69 Å². The number of rotatable bonds is 5. The molecule has 0 aliphatic rings. The first kappa shape index (κ1) is 14.1. The second kappa shape index (κ2) is 6.73. The fourth-order valence-corrected chi connectivity index (χ4v) is 1.97. The molecule has 0 fully saturated rings. The topological polar surface area (TPSA) is 75.3 Å². The highest BCUT2D eigenvalue weighted by atomic mass is 16.3. The molecule has 0 aliphatic carbocycles. The van der Waals surface area contributed by atoms with Crippen molar-refractivity contribution in [1.29, 1.82) is 0 Å². The Hall–Kier alpha value is -2.33. The molecule has 0 spiro atoms. The Morgan fingerprint density at radius 3 is 2.70 bits per heavy atom. The van der Waals surface area contributed by atoms with Crippen molar-refractivity contribution >= 4 is 11.6 Å². The molecule has 1 amide bonds. The van der Waals surface area contributed by atoms with Gasteiger partial charge in [0.1, 0.15) is 5.75 Å². The number of hydrogen-bond acceptors (Lipinski definition) is 3. The Kier molecular flexibility index (Phi) is 4.74. The lowest BCUT2D eigenvalue weighted by molar-refractivity contribution is 0.102. The van der Waals surface area contributed by atoms with Crippen LogP contribution in [0.25, 0.3) is 0 Å². The van der Waals surface area contributed by atoms with Gasteiger partial charge in [0.05, 0.1) is 5.56 Å². The molecule has 0 aromatic heterocycles. The van der Waals surface area contributed by atoms with Crippen LogP contribution in [0.5, 0.6) is 5.75 Å². The predicted octanol–water partition coefficient (Wildman–Crippen LogP) is 2.54. The lowest BCUT2D eigenvalue weighted by Crippen LogP contribution is -2.12. The van der Waals surface area contributed by atoms with Crippen LogP contribution in [0, 0.1) is 0 Å². The minimum atomic E-state index is -0.320. The lowest BCUT2D eigenvalue weighted by Gasteiger charge is -2.08. The zero-order valence-electron chi connectivity index (χ0n) is 11.2. The Labute approximate surface area is 118 Å². The number of nitrogens with one attached hydrogen (secondary N) is 1. The van der Waals surface area contributed by atoms with E-state index in [1.807, 2.05) is 24.3 Å². The summed E-state index contributed by atoms with van der Waals surface area (Å²) in [6.45, 7) is 0.647. The molecule has 20 heavy (non-hydrogen) atoms. The number of carbonyl (C=O) groups is 1. The van der Waals surface area contributed by atoms with Crippen molar-refractivity contribution in [3.8, 4) is 5.75 Å². The monoisotopic (exact) mass is 270 g/mol. The summed E-state index contributed by atoms with van der Waals surface area (Å²) in [6.07, 6.45) is 1.80. The summed E-state index contributed by atoms with van der Waals surface area (Å²) in [4.78, 5) is 12.1. The Morgan fingerprint density at radius 1 is 1.15 bits per heavy atom. The molecule has 0 radical (unpaired) electrons. The van der Waals surface area contributed by atoms with Crippen molar-refractivity contribution in [3.63, 3.8) is 0 Å². The second-order valence-electron chi connectivity index (χ2n) is 4.56. The number of nitrogens with two attached hydrogens (primary N) is 1. The van der Waals surface area contributed by atoms with E-state index in [1.54, 1.807) is 18.2 Å². The Balaban J connectivity index is 2.10. The first-order valence-electron chi connectivity index (χ1n) is 6.59. The Morgan fingerprint density at radius 2 is 1.95 bits per heavy atom. The number of phenolic OH excluding ortho intramolecular Hbond substituents is 1. The number of carbonyl (C=O) groups excluding carboxylic acids is 1. The lowest BCUT2D eigenvalue weighted by atomic mass is 10.1. The first-order chi connectivity index (χ1) is 9.70. The van der Waals surface area contributed by atoms with Crippen LogP contribution in [-0.2, 0) is 6.42 Å². The van der Waals surface area contributed by atoms with Crippen LogP contribution in [0.15, 0.2) is 48.5 Å². The smallest absolute Gasteiger partial charge is 0.259 e. The maximum atomic E-state index is 12.1. The third-order valence-electron chi connectivity index (χ3n) is 3.00. The normalized spacial score (nSPS) is 10.2. The van der Waals surface area contributed by atoms with E-state index in [4.69, 9.17) is 5.73 Å². The highest BCUT2D eigenvalue weighted by molar-refractivity contribution is 6.06. The van der Waals surface area contributed by atoms with E-state index < -0.39 is 0 Å². The third kappa shape index (κ3) is 3.59. The molecular formula is C16H18N2O2. The average Bonchev–Trinajstić information content (AvgIpc) is 2.46. The van der Waals surface area contributed by atoms with E-state index in [9.17, 15) is 9.90 Å². The molecular weight excluding hydrogens is 252 g/mol. The van der Waals surface area contributed by atoms with Gasteiger partial charge in [-0.1, -0.05) is 24.3 Å². The molecule has 2 aromatic carbocycles. The van der Waals surface area contributed by atoms with Crippen LogP contribution >= 0.6 is 0 Å². The van der Waals surface area contributed by atoms with E-state index in [0.29, 0.717) is 12.2 Å². The minimum Gasteiger partial charge on any atom is -0.507 e. The van der Waals surface area contributed by atoms with Gasteiger partial charge < -0.3 is 16.2 Å². The van der Waals surface area contributed by atoms with Gasteiger partial charge in [-0.3, -0.25) is 4.79 Å². The van der Waals surface area contributed by atoms with E-state index in [1.165, 1.54) is 6.07 Å². The van der Waals surface area contributed by atoms with Crippen molar-refractivity contribution < 1.29 is 9.90 Å². The summed E-state index contributed by atoms with van der Waals surface area (Å²) in [5.74, 6) is -0.344. The van der Waals surface area contributed by atoms with Crippen LogP contribution in [0.2, 0.25) is 0 Å². The van der Waals surface area contributed by atoms with Gasteiger partial charge in [-0.15, -0.1) is 0 Å². The summed E-state index contributed by atoms with van der Waals surface area (Å²) < 4.78 is 0. The number of aromatic hydroxyl groups is 1. The maximum absolute atomic E-state index is 12.1. The first-order valence-corrected chi connectivity index (χ1v) is 6.59. The molecule has 104 valence electrons. The van der Waals surface area contributed by atoms with Gasteiger partial charge in [0.25, 0.3) is 5.91 Å². The quantitative estimate of drug-likeness (QED) is 0.781. The molecule has 2 aromatic rings. The summed E-state index contributed by atoms with van der Waals surface area (Å²) in [5.41, 5.74) is 7.60. The second-order valence-corrected chi connectivity index (χ2v) is 4.56. The van der Waals surface area contributed by atoms with E-state index in [0.717, 1.165) is 18.4 Å². The van der Waals surface area contributed by atoms with E-state index in [-0.39, 0.29) is 17.2 Å². The number of benzene rings is 2. The summed E-state index contributed by atoms with van der Waals surface area (Å²) in [6, 6.07) is 14.1. The minimum absolute atomic E-state index is 0.0238. The van der Waals surface area contributed by atoms with Crippen molar-refractivity contribution in [1.82, 2.24) is 0 Å². The van der Waals surface area contributed by atoms with Gasteiger partial charge >= 0.3 is 0 Å². The summed E-state index contributed by atoms with van der Waals surface area (Å²) in [5, 5.41) is 12.4. The van der Waals surface area contributed by atoms with Gasteiger partial charge in [-0.25, -0.2) is 0 Å². The van der Waals surface area contributed by atoms with Gasteiger partial charge in [0.15, 0.2) is 0 Å². The molecule has 0 atom stereocenters. The summed E-state index contributed by atoms with van der Waals surface area (Å²) >= 11 is 0. The van der Waals surface area contributed by atoms with E-state index >= 15 is 0 Å². The van der Waals surface area contributed by atoms with Crippen LogP contribution in [0.1, 0.15) is 22.3 Å². The number of para-hydroxylation sites is 1. The molecule has 0 heterocycles. The number of phenols is 1. The number of anilines is 1. The van der Waals surface area contributed by atoms with Crippen molar-refractivity contribution in [2.24, 2.45) is 5.73 Å². The van der Waals surface area contributed by atoms with Gasteiger partial charge in [-0.2, -0.15) is 0 Å². The van der Waals surface area contributed by atoms with Gasteiger partial charge in [0.2, 0.25) is 0 Å². The van der Waals surface area contributed by atoms with Crippen LogP contribution < -0.4 is 11.1 Å². The molecule has 0 bridgehead atoms. The predicted molar refractivity (Wildman–Crippen MR) is 79.9 cm³/mol. The zero-order chi connectivity index (χ0) is 14.4. The van der Waals surface area contributed by atoms with Crippen LogP contribution in [0.3, 0.4) is 0 Å². The maximum Gasteiger partial charge on any atom is 0.259 e. The molecule has 4 nitrogen and oxygen atoms in total. The van der Waals surface area contributed by atoms with Crippen molar-refractivity contribution in [3.05, 3.63) is 59.7 Å². The third-order valence-corrected chi connectivity index (χ3v) is 3.00.